The number of amides is 2. The molecule has 0 unspecified atom stereocenters. The van der Waals surface area contributed by atoms with Crippen LogP contribution in [0.15, 0.2) is 53.3 Å². The Hall–Kier alpha value is -3.81. The molecule has 144 valence electrons. The third kappa shape index (κ3) is 3.66. The second-order valence-corrected chi connectivity index (χ2v) is 6.43. The van der Waals surface area contributed by atoms with Gasteiger partial charge in [-0.1, -0.05) is 6.07 Å². The van der Waals surface area contributed by atoms with Crippen LogP contribution in [0.25, 0.3) is 0 Å². The van der Waals surface area contributed by atoms with Gasteiger partial charge in [0.25, 0.3) is 11.8 Å². The third-order valence-electron chi connectivity index (χ3n) is 4.43. The SMILES string of the molecule is CC1=NN(c2ccc(C)c(C)c2)C(=O)/C1=C\NNC(=O)c1ccc(O)cc1O. The number of aromatic hydroxyl groups is 2. The van der Waals surface area contributed by atoms with Crippen molar-refractivity contribution >= 4 is 23.2 Å². The molecule has 1 heterocycles. The second kappa shape index (κ2) is 7.43. The Bertz CT molecular complexity index is 1030. The Morgan fingerprint density at radius 2 is 1.82 bits per heavy atom. The van der Waals surface area contributed by atoms with E-state index in [0.29, 0.717) is 17.0 Å². The molecule has 1 aliphatic heterocycles. The van der Waals surface area contributed by atoms with Gasteiger partial charge in [0.15, 0.2) is 0 Å². The van der Waals surface area contributed by atoms with Crippen molar-refractivity contribution in [3.63, 3.8) is 0 Å². The Morgan fingerprint density at radius 3 is 2.50 bits per heavy atom. The summed E-state index contributed by atoms with van der Waals surface area (Å²) in [6.45, 7) is 5.64. The lowest BCUT2D eigenvalue weighted by molar-refractivity contribution is -0.114. The van der Waals surface area contributed by atoms with Crippen LogP contribution in [-0.2, 0) is 4.79 Å². The number of rotatable bonds is 4. The molecule has 8 nitrogen and oxygen atoms in total. The molecule has 8 heteroatoms. The normalized spacial score (nSPS) is 15.0. The number of hydrazine groups is 1. The first-order valence-corrected chi connectivity index (χ1v) is 8.53. The maximum atomic E-state index is 12.7. The Balaban J connectivity index is 1.71. The van der Waals surface area contributed by atoms with Crippen LogP contribution >= 0.6 is 0 Å². The topological polar surface area (TPSA) is 114 Å². The van der Waals surface area contributed by atoms with E-state index in [1.165, 1.54) is 23.3 Å². The molecule has 4 N–H and O–H groups in total. The maximum absolute atomic E-state index is 12.7. The molecule has 3 rings (SSSR count). The van der Waals surface area contributed by atoms with Crippen molar-refractivity contribution < 1.29 is 19.8 Å². The van der Waals surface area contributed by atoms with Gasteiger partial charge in [-0.25, -0.2) is 0 Å². The standard InChI is InChI=1S/C20H20N4O4/c1-11-4-5-14(8-12(11)2)24-20(28)17(13(3)23-24)10-21-22-19(27)16-7-6-15(25)9-18(16)26/h4-10,21,25-26H,1-3H3,(H,22,27)/b17-10-. The molecule has 0 radical (unpaired) electrons. The number of phenolic OH excluding ortho intramolecular Hbond substituents is 2. The molecular weight excluding hydrogens is 360 g/mol. The number of hydrogen-bond donors (Lipinski definition) is 4. The number of carbonyl (C=O) groups is 2. The summed E-state index contributed by atoms with van der Waals surface area (Å²) in [5.74, 6) is -1.46. The van der Waals surface area contributed by atoms with Crippen molar-refractivity contribution in [2.75, 3.05) is 5.01 Å². The van der Waals surface area contributed by atoms with E-state index in [2.05, 4.69) is 16.0 Å². The second-order valence-electron chi connectivity index (χ2n) is 6.43. The molecule has 0 aromatic heterocycles. The Kier molecular flexibility index (Phi) is 5.04. The van der Waals surface area contributed by atoms with Crippen LogP contribution in [0, 0.1) is 13.8 Å². The van der Waals surface area contributed by atoms with E-state index in [-0.39, 0.29) is 23.0 Å². The minimum atomic E-state index is -0.625. The van der Waals surface area contributed by atoms with Gasteiger partial charge in [-0.15, -0.1) is 0 Å². The average molecular weight is 380 g/mol. The fourth-order valence-electron chi connectivity index (χ4n) is 2.67. The number of benzene rings is 2. The molecule has 0 aliphatic carbocycles. The van der Waals surface area contributed by atoms with E-state index in [1.807, 2.05) is 32.0 Å². The van der Waals surface area contributed by atoms with Gasteiger partial charge in [0.1, 0.15) is 11.5 Å². The zero-order valence-electron chi connectivity index (χ0n) is 15.6. The van der Waals surface area contributed by atoms with Crippen molar-refractivity contribution in [2.45, 2.75) is 20.8 Å². The number of carbonyl (C=O) groups excluding carboxylic acids is 2. The summed E-state index contributed by atoms with van der Waals surface area (Å²) in [7, 11) is 0. The molecule has 0 bridgehead atoms. The molecule has 2 amide bonds. The summed E-state index contributed by atoms with van der Waals surface area (Å²) in [6, 6.07) is 9.26. The number of hydrogen-bond acceptors (Lipinski definition) is 6. The van der Waals surface area contributed by atoms with Crippen LogP contribution in [-0.4, -0.2) is 27.7 Å². The van der Waals surface area contributed by atoms with Crippen LogP contribution in [0.4, 0.5) is 5.69 Å². The van der Waals surface area contributed by atoms with E-state index in [4.69, 9.17) is 0 Å². The number of nitrogens with one attached hydrogen (secondary N) is 2. The first-order chi connectivity index (χ1) is 13.3. The van der Waals surface area contributed by atoms with Crippen molar-refractivity contribution in [3.05, 3.63) is 64.9 Å². The van der Waals surface area contributed by atoms with Gasteiger partial charge in [0.05, 0.1) is 22.5 Å². The van der Waals surface area contributed by atoms with Crippen LogP contribution in [0.3, 0.4) is 0 Å². The molecule has 28 heavy (non-hydrogen) atoms. The van der Waals surface area contributed by atoms with Crippen LogP contribution in [0.2, 0.25) is 0 Å². The molecule has 0 spiro atoms. The van der Waals surface area contributed by atoms with Crippen LogP contribution in [0.5, 0.6) is 11.5 Å². The summed E-state index contributed by atoms with van der Waals surface area (Å²) < 4.78 is 0. The minimum absolute atomic E-state index is 0.0244. The third-order valence-corrected chi connectivity index (χ3v) is 4.43. The number of phenols is 2. The fraction of sp³-hybridized carbons (Fsp3) is 0.150. The summed E-state index contributed by atoms with van der Waals surface area (Å²) in [4.78, 5) is 24.8. The van der Waals surface area contributed by atoms with Gasteiger partial charge < -0.3 is 15.6 Å². The average Bonchev–Trinajstić information content (AvgIpc) is 2.92. The first kappa shape index (κ1) is 19.0. The number of anilines is 1. The monoisotopic (exact) mass is 380 g/mol. The zero-order chi connectivity index (χ0) is 20.4. The Morgan fingerprint density at radius 1 is 1.07 bits per heavy atom. The van der Waals surface area contributed by atoms with Gasteiger partial charge >= 0.3 is 0 Å². The highest BCUT2D eigenvalue weighted by Gasteiger charge is 2.29. The van der Waals surface area contributed by atoms with Crippen molar-refractivity contribution in [3.8, 4) is 11.5 Å². The van der Waals surface area contributed by atoms with Gasteiger partial charge in [-0.3, -0.25) is 15.0 Å². The molecule has 2 aromatic rings. The predicted octanol–water partition coefficient (Wildman–Crippen LogP) is 2.26. The van der Waals surface area contributed by atoms with Crippen molar-refractivity contribution in [2.24, 2.45) is 5.10 Å². The minimum Gasteiger partial charge on any atom is -0.508 e. The molecule has 0 atom stereocenters. The summed E-state index contributed by atoms with van der Waals surface area (Å²) in [5, 5.41) is 24.6. The van der Waals surface area contributed by atoms with Crippen molar-refractivity contribution in [1.82, 2.24) is 10.9 Å². The predicted molar refractivity (Wildman–Crippen MR) is 105 cm³/mol. The zero-order valence-corrected chi connectivity index (χ0v) is 15.6. The highest BCUT2D eigenvalue weighted by molar-refractivity contribution is 6.29. The van der Waals surface area contributed by atoms with Gasteiger partial charge in [0.2, 0.25) is 0 Å². The highest BCUT2D eigenvalue weighted by atomic mass is 16.3. The van der Waals surface area contributed by atoms with Crippen LogP contribution in [0.1, 0.15) is 28.4 Å². The fourth-order valence-corrected chi connectivity index (χ4v) is 2.67. The van der Waals surface area contributed by atoms with E-state index in [1.54, 1.807) is 6.92 Å². The number of hydrazone groups is 1. The quantitative estimate of drug-likeness (QED) is 0.480. The molecule has 2 aromatic carbocycles. The number of aryl methyl sites for hydroxylation is 2. The van der Waals surface area contributed by atoms with Gasteiger partial charge in [-0.05, 0) is 56.2 Å². The molecular formula is C20H20N4O4. The summed E-state index contributed by atoms with van der Waals surface area (Å²) in [5.41, 5.74) is 8.53. The maximum Gasteiger partial charge on any atom is 0.282 e. The molecule has 0 saturated heterocycles. The first-order valence-electron chi connectivity index (χ1n) is 8.53. The lowest BCUT2D eigenvalue weighted by atomic mass is 10.1. The highest BCUT2D eigenvalue weighted by Crippen LogP contribution is 2.25. The number of nitrogens with zero attached hydrogens (tertiary/aromatic N) is 2. The van der Waals surface area contributed by atoms with E-state index in [0.717, 1.165) is 17.2 Å². The summed E-state index contributed by atoms with van der Waals surface area (Å²) >= 11 is 0. The van der Waals surface area contributed by atoms with Gasteiger partial charge in [0, 0.05) is 12.3 Å². The Labute approximate surface area is 161 Å². The van der Waals surface area contributed by atoms with Gasteiger partial charge in [-0.2, -0.15) is 10.1 Å². The smallest absolute Gasteiger partial charge is 0.282 e. The van der Waals surface area contributed by atoms with E-state index in [9.17, 15) is 19.8 Å². The largest absolute Gasteiger partial charge is 0.508 e. The van der Waals surface area contributed by atoms with E-state index < -0.39 is 5.91 Å². The molecule has 1 aliphatic rings. The lowest BCUT2D eigenvalue weighted by Crippen LogP contribution is -2.34. The lowest BCUT2D eigenvalue weighted by Gasteiger charge is -2.13. The molecule has 0 saturated carbocycles. The van der Waals surface area contributed by atoms with Crippen LogP contribution < -0.4 is 15.9 Å². The molecule has 0 fully saturated rings. The van der Waals surface area contributed by atoms with Crippen molar-refractivity contribution in [1.29, 1.82) is 0 Å². The van der Waals surface area contributed by atoms with E-state index >= 15 is 0 Å². The summed E-state index contributed by atoms with van der Waals surface area (Å²) in [6.07, 6.45) is 1.34.